The SMILES string of the molecule is CCCCC1=CN(CCCC)N[N+](CCCC)=C1. The smallest absolute Gasteiger partial charge is 0.200 e. The average Bonchev–Trinajstić information content (AvgIpc) is 2.40. The highest BCUT2D eigenvalue weighted by Gasteiger charge is 2.15. The van der Waals surface area contributed by atoms with E-state index >= 15 is 0 Å². The molecule has 3 nitrogen and oxygen atoms in total. The minimum Gasteiger partial charge on any atom is -0.247 e. The lowest BCUT2D eigenvalue weighted by Gasteiger charge is -2.23. The minimum atomic E-state index is 1.10. The number of unbranched alkanes of at least 4 members (excludes halogenated alkanes) is 3. The molecule has 0 radical (unpaired) electrons. The number of rotatable bonds is 9. The summed E-state index contributed by atoms with van der Waals surface area (Å²) in [6.45, 7) is 8.94. The standard InChI is InChI=1S/C15H30N3/c1-4-7-10-15-13-17(11-8-5-2)16-18(14-15)12-9-6-3/h13-14,16H,4-12H2,1-3H3/q+1. The van der Waals surface area contributed by atoms with Crippen LogP contribution >= 0.6 is 0 Å². The molecule has 0 saturated carbocycles. The second-order valence-corrected chi connectivity index (χ2v) is 5.13. The van der Waals surface area contributed by atoms with Crippen molar-refractivity contribution < 1.29 is 4.68 Å². The van der Waals surface area contributed by atoms with Crippen molar-refractivity contribution >= 4 is 6.21 Å². The Bertz CT molecular complexity index is 281. The summed E-state index contributed by atoms with van der Waals surface area (Å²) < 4.78 is 2.25. The van der Waals surface area contributed by atoms with Gasteiger partial charge in [-0.25, -0.2) is 5.01 Å². The van der Waals surface area contributed by atoms with Crippen LogP contribution in [-0.2, 0) is 0 Å². The molecule has 0 saturated heterocycles. The van der Waals surface area contributed by atoms with E-state index in [4.69, 9.17) is 0 Å². The molecule has 0 unspecified atom stereocenters. The van der Waals surface area contributed by atoms with E-state index in [2.05, 4.69) is 48.4 Å². The van der Waals surface area contributed by atoms with Gasteiger partial charge >= 0.3 is 0 Å². The molecule has 0 aromatic carbocycles. The third-order valence-corrected chi connectivity index (χ3v) is 3.22. The second kappa shape index (κ2) is 9.01. The van der Waals surface area contributed by atoms with Crippen molar-refractivity contribution in [1.29, 1.82) is 0 Å². The molecular formula is C15H30N3+. The van der Waals surface area contributed by atoms with Gasteiger partial charge in [-0.05, 0) is 19.3 Å². The second-order valence-electron chi connectivity index (χ2n) is 5.13. The summed E-state index contributed by atoms with van der Waals surface area (Å²) in [6, 6.07) is 0. The normalized spacial score (nSPS) is 15.2. The van der Waals surface area contributed by atoms with Crippen LogP contribution in [-0.4, -0.2) is 29.0 Å². The Morgan fingerprint density at radius 2 is 1.78 bits per heavy atom. The van der Waals surface area contributed by atoms with E-state index < -0.39 is 0 Å². The number of allylic oxidation sites excluding steroid dienone is 1. The first kappa shape index (κ1) is 15.1. The topological polar surface area (TPSA) is 18.3 Å². The summed E-state index contributed by atoms with van der Waals surface area (Å²) >= 11 is 0. The molecule has 0 bridgehead atoms. The van der Waals surface area contributed by atoms with Crippen LogP contribution in [0.25, 0.3) is 0 Å². The van der Waals surface area contributed by atoms with Gasteiger partial charge in [-0.15, -0.1) is 10.2 Å². The van der Waals surface area contributed by atoms with Gasteiger partial charge in [-0.2, -0.15) is 0 Å². The van der Waals surface area contributed by atoms with Crippen LogP contribution in [0.5, 0.6) is 0 Å². The van der Waals surface area contributed by atoms with Crippen molar-refractivity contribution in [3.05, 3.63) is 11.8 Å². The van der Waals surface area contributed by atoms with Crippen molar-refractivity contribution in [1.82, 2.24) is 10.5 Å². The minimum absolute atomic E-state index is 1.10. The molecule has 0 aromatic heterocycles. The quantitative estimate of drug-likeness (QED) is 0.633. The van der Waals surface area contributed by atoms with E-state index in [1.165, 1.54) is 50.5 Å². The molecule has 1 rings (SSSR count). The fourth-order valence-electron chi connectivity index (χ4n) is 2.05. The third-order valence-electron chi connectivity index (χ3n) is 3.22. The number of hydrazine groups is 2. The van der Waals surface area contributed by atoms with Crippen LogP contribution in [0.4, 0.5) is 0 Å². The van der Waals surface area contributed by atoms with Gasteiger partial charge in [-0.1, -0.05) is 40.0 Å². The van der Waals surface area contributed by atoms with Crippen LogP contribution in [0.3, 0.4) is 0 Å². The number of hydrogen-bond donors (Lipinski definition) is 1. The first-order valence-corrected chi connectivity index (χ1v) is 7.65. The Morgan fingerprint density at radius 3 is 2.44 bits per heavy atom. The van der Waals surface area contributed by atoms with E-state index in [1.807, 2.05) is 0 Å². The summed E-state index contributed by atoms with van der Waals surface area (Å²) in [5.74, 6) is 0. The molecule has 104 valence electrons. The third kappa shape index (κ3) is 5.56. The van der Waals surface area contributed by atoms with E-state index in [0.29, 0.717) is 0 Å². The predicted molar refractivity (Wildman–Crippen MR) is 78.5 cm³/mol. The van der Waals surface area contributed by atoms with Crippen molar-refractivity contribution in [2.75, 3.05) is 13.1 Å². The maximum atomic E-state index is 3.46. The van der Waals surface area contributed by atoms with Crippen LogP contribution in [0.2, 0.25) is 0 Å². The molecule has 1 aliphatic heterocycles. The van der Waals surface area contributed by atoms with Gasteiger partial charge in [0, 0.05) is 24.7 Å². The average molecular weight is 252 g/mol. The summed E-state index contributed by atoms with van der Waals surface area (Å²) in [6.07, 6.45) is 13.3. The van der Waals surface area contributed by atoms with Gasteiger partial charge in [0.15, 0.2) is 12.8 Å². The first-order chi connectivity index (χ1) is 8.80. The molecule has 1 aliphatic rings. The van der Waals surface area contributed by atoms with Crippen LogP contribution in [0, 0.1) is 0 Å². The lowest BCUT2D eigenvalue weighted by molar-refractivity contribution is -0.613. The zero-order chi connectivity index (χ0) is 13.2. The zero-order valence-electron chi connectivity index (χ0n) is 12.4. The molecule has 1 heterocycles. The molecule has 0 aliphatic carbocycles. The van der Waals surface area contributed by atoms with Crippen molar-refractivity contribution in [2.24, 2.45) is 0 Å². The lowest BCUT2D eigenvalue weighted by atomic mass is 10.1. The molecular weight excluding hydrogens is 222 g/mol. The van der Waals surface area contributed by atoms with Crippen molar-refractivity contribution in [3.8, 4) is 0 Å². The molecule has 0 aromatic rings. The van der Waals surface area contributed by atoms with Gasteiger partial charge in [0.25, 0.3) is 0 Å². The van der Waals surface area contributed by atoms with Crippen LogP contribution < -0.4 is 5.53 Å². The van der Waals surface area contributed by atoms with E-state index in [9.17, 15) is 0 Å². The Kier molecular flexibility index (Phi) is 7.54. The Hall–Kier alpha value is -0.990. The van der Waals surface area contributed by atoms with Crippen LogP contribution in [0.1, 0.15) is 65.7 Å². The highest BCUT2D eigenvalue weighted by Crippen LogP contribution is 2.09. The molecule has 3 heteroatoms. The molecule has 0 amide bonds. The predicted octanol–water partition coefficient (Wildman–Crippen LogP) is 3.48. The maximum absolute atomic E-state index is 3.46. The van der Waals surface area contributed by atoms with Crippen molar-refractivity contribution in [2.45, 2.75) is 65.7 Å². The van der Waals surface area contributed by atoms with Crippen molar-refractivity contribution in [3.63, 3.8) is 0 Å². The van der Waals surface area contributed by atoms with E-state index in [1.54, 1.807) is 0 Å². The Balaban J connectivity index is 2.56. The Labute approximate surface area is 113 Å². The summed E-state index contributed by atoms with van der Waals surface area (Å²) in [7, 11) is 0. The molecule has 1 N–H and O–H groups in total. The summed E-state index contributed by atoms with van der Waals surface area (Å²) in [5.41, 5.74) is 4.93. The van der Waals surface area contributed by atoms with E-state index in [-0.39, 0.29) is 0 Å². The number of nitrogens with zero attached hydrogens (tertiary/aromatic N) is 2. The molecule has 18 heavy (non-hydrogen) atoms. The van der Waals surface area contributed by atoms with Gasteiger partial charge in [0.05, 0.1) is 0 Å². The number of hydrogen-bond acceptors (Lipinski definition) is 2. The maximum Gasteiger partial charge on any atom is 0.200 e. The summed E-state index contributed by atoms with van der Waals surface area (Å²) in [4.78, 5) is 0. The molecule has 0 fully saturated rings. The number of hydrazone groups is 1. The summed E-state index contributed by atoms with van der Waals surface area (Å²) in [5, 5.41) is 2.25. The highest BCUT2D eigenvalue weighted by molar-refractivity contribution is 5.74. The van der Waals surface area contributed by atoms with Crippen LogP contribution in [0.15, 0.2) is 11.8 Å². The monoisotopic (exact) mass is 252 g/mol. The van der Waals surface area contributed by atoms with Gasteiger partial charge in [0.1, 0.15) is 0 Å². The molecule has 0 atom stereocenters. The van der Waals surface area contributed by atoms with Gasteiger partial charge in [-0.3, -0.25) is 0 Å². The lowest BCUT2D eigenvalue weighted by Crippen LogP contribution is -2.46. The van der Waals surface area contributed by atoms with E-state index in [0.717, 1.165) is 13.1 Å². The van der Waals surface area contributed by atoms with Gasteiger partial charge in [0.2, 0.25) is 0 Å². The zero-order valence-corrected chi connectivity index (χ0v) is 12.4. The largest absolute Gasteiger partial charge is 0.247 e. The Morgan fingerprint density at radius 1 is 1.06 bits per heavy atom. The van der Waals surface area contributed by atoms with Gasteiger partial charge < -0.3 is 0 Å². The molecule has 0 spiro atoms. The fourth-order valence-corrected chi connectivity index (χ4v) is 2.05. The number of nitrogens with one attached hydrogen (secondary N) is 1. The fraction of sp³-hybridized carbons (Fsp3) is 0.800. The first-order valence-electron chi connectivity index (χ1n) is 7.65. The highest BCUT2D eigenvalue weighted by atomic mass is 15.7.